The number of rotatable bonds is 2. The highest BCUT2D eigenvalue weighted by Crippen LogP contribution is 2.39. The van der Waals surface area contributed by atoms with Crippen LogP contribution in [-0.4, -0.2) is 59.1 Å². The van der Waals surface area contributed by atoms with Crippen molar-refractivity contribution in [3.8, 4) is 5.75 Å². The lowest BCUT2D eigenvalue weighted by Crippen LogP contribution is -2.50. The number of halogens is 6. The van der Waals surface area contributed by atoms with E-state index in [4.69, 9.17) is 16.3 Å². The maximum absolute atomic E-state index is 14.8. The zero-order valence-electron chi connectivity index (χ0n) is 16.7. The minimum Gasteiger partial charge on any atom is -0.444 e. The van der Waals surface area contributed by atoms with Gasteiger partial charge in [0.05, 0.1) is 4.47 Å². The first-order chi connectivity index (χ1) is 14.2. The molecule has 13 heteroatoms. The first kappa shape index (κ1) is 23.6. The third kappa shape index (κ3) is 5.59. The number of anilines is 1. The van der Waals surface area contributed by atoms with Crippen LogP contribution in [0.2, 0.25) is 5.28 Å². The molecule has 1 amide bonds. The van der Waals surface area contributed by atoms with Crippen molar-refractivity contribution in [2.24, 2.45) is 0 Å². The summed E-state index contributed by atoms with van der Waals surface area (Å²) in [6, 6.07) is 1.00. The van der Waals surface area contributed by atoms with E-state index < -0.39 is 34.1 Å². The maximum atomic E-state index is 14.8. The number of ether oxygens (including phenoxy) is 2. The fourth-order valence-electron chi connectivity index (χ4n) is 3.01. The van der Waals surface area contributed by atoms with Crippen LogP contribution in [-0.2, 0) is 4.74 Å². The van der Waals surface area contributed by atoms with Gasteiger partial charge in [-0.2, -0.15) is 4.98 Å². The molecule has 0 unspecified atom stereocenters. The fraction of sp³-hybridized carbons (Fsp3) is 0.500. The molecule has 31 heavy (non-hydrogen) atoms. The van der Waals surface area contributed by atoms with E-state index >= 15 is 0 Å². The van der Waals surface area contributed by atoms with Crippen LogP contribution in [0.1, 0.15) is 20.8 Å². The Hall–Kier alpha value is -2.08. The first-order valence-electron chi connectivity index (χ1n) is 9.09. The van der Waals surface area contributed by atoms with Crippen molar-refractivity contribution in [1.29, 1.82) is 0 Å². The van der Waals surface area contributed by atoms with Crippen molar-refractivity contribution < 1.29 is 31.8 Å². The van der Waals surface area contributed by atoms with Gasteiger partial charge in [0.25, 0.3) is 0 Å². The van der Waals surface area contributed by atoms with Crippen molar-refractivity contribution in [3.05, 3.63) is 21.6 Å². The molecule has 0 N–H and O–H groups in total. The predicted octanol–water partition coefficient (Wildman–Crippen LogP) is 5.14. The summed E-state index contributed by atoms with van der Waals surface area (Å²) < 4.78 is 61.7. The molecule has 0 atom stereocenters. The summed E-state index contributed by atoms with van der Waals surface area (Å²) in [5.41, 5.74) is -0.907. The Bertz CT molecular complexity index is 1010. The lowest BCUT2D eigenvalue weighted by molar-refractivity contribution is -0.274. The molecule has 1 saturated heterocycles. The summed E-state index contributed by atoms with van der Waals surface area (Å²) in [4.78, 5) is 23.3. The molecule has 2 heterocycles. The number of hydrogen-bond acceptors (Lipinski definition) is 6. The van der Waals surface area contributed by atoms with Crippen LogP contribution in [0, 0.1) is 5.82 Å². The van der Waals surface area contributed by atoms with E-state index in [0.717, 1.165) is 6.07 Å². The summed E-state index contributed by atoms with van der Waals surface area (Å²) in [5.74, 6) is -1.69. The highest BCUT2D eigenvalue weighted by atomic mass is 79.9. The van der Waals surface area contributed by atoms with Crippen molar-refractivity contribution in [3.63, 3.8) is 0 Å². The molecular weight excluding hydrogens is 512 g/mol. The lowest BCUT2D eigenvalue weighted by Gasteiger charge is -2.36. The van der Waals surface area contributed by atoms with Crippen molar-refractivity contribution >= 4 is 50.3 Å². The number of fused-ring (bicyclic) bond motifs is 1. The number of alkyl halides is 3. The van der Waals surface area contributed by atoms with Gasteiger partial charge in [-0.05, 0) is 54.4 Å². The van der Waals surface area contributed by atoms with Gasteiger partial charge in [0, 0.05) is 31.6 Å². The van der Waals surface area contributed by atoms with Crippen LogP contribution in [0.3, 0.4) is 0 Å². The second-order valence-electron chi connectivity index (χ2n) is 7.72. The standard InChI is InChI=1S/C18H18BrClF4N4O3/c1-17(2,3)31-16(29)28-6-4-27(5-7-28)14-9-8-10(30-18(22,23)24)11(19)12(21)13(9)25-15(20)26-14/h8H,4-7H2,1-3H3. The molecule has 1 aromatic heterocycles. The number of carbonyl (C=O) groups is 1. The van der Waals surface area contributed by atoms with Gasteiger partial charge in [-0.25, -0.2) is 14.2 Å². The van der Waals surface area contributed by atoms with Crippen molar-refractivity contribution in [2.75, 3.05) is 31.1 Å². The number of carbonyl (C=O) groups excluding carboxylic acids is 1. The zero-order chi connectivity index (χ0) is 23.1. The number of piperazine rings is 1. The molecule has 0 spiro atoms. The van der Waals surface area contributed by atoms with Gasteiger partial charge >= 0.3 is 12.5 Å². The van der Waals surface area contributed by atoms with Gasteiger partial charge in [0.1, 0.15) is 22.7 Å². The van der Waals surface area contributed by atoms with E-state index in [2.05, 4.69) is 30.6 Å². The molecule has 0 saturated carbocycles. The lowest BCUT2D eigenvalue weighted by atomic mass is 10.2. The number of aromatic nitrogens is 2. The molecule has 0 bridgehead atoms. The zero-order valence-corrected chi connectivity index (χ0v) is 19.0. The minimum absolute atomic E-state index is 0.00457. The molecule has 7 nitrogen and oxygen atoms in total. The van der Waals surface area contributed by atoms with Gasteiger partial charge < -0.3 is 19.3 Å². The molecule has 1 aliphatic rings. The fourth-order valence-corrected chi connectivity index (χ4v) is 3.55. The topological polar surface area (TPSA) is 67.8 Å². The number of hydrogen-bond donors (Lipinski definition) is 0. The van der Waals surface area contributed by atoms with E-state index in [1.165, 1.54) is 4.90 Å². The molecule has 2 aromatic rings. The Morgan fingerprint density at radius 3 is 2.32 bits per heavy atom. The summed E-state index contributed by atoms with van der Waals surface area (Å²) in [5, 5.41) is -0.276. The van der Waals surface area contributed by atoms with Gasteiger partial charge in [-0.1, -0.05) is 0 Å². The second kappa shape index (κ2) is 8.45. The molecule has 0 aliphatic carbocycles. The first-order valence-corrected chi connectivity index (χ1v) is 10.3. The highest BCUT2D eigenvalue weighted by molar-refractivity contribution is 9.10. The summed E-state index contributed by atoms with van der Waals surface area (Å²) in [7, 11) is 0. The summed E-state index contributed by atoms with van der Waals surface area (Å²) in [6.07, 6.45) is -5.50. The van der Waals surface area contributed by atoms with Crippen LogP contribution in [0.25, 0.3) is 10.9 Å². The average molecular weight is 530 g/mol. The predicted molar refractivity (Wildman–Crippen MR) is 109 cm³/mol. The Morgan fingerprint density at radius 1 is 1.16 bits per heavy atom. The average Bonchev–Trinajstić information content (AvgIpc) is 2.64. The minimum atomic E-state index is -5.02. The van der Waals surface area contributed by atoms with Crippen LogP contribution >= 0.6 is 27.5 Å². The van der Waals surface area contributed by atoms with E-state index in [-0.39, 0.29) is 48.2 Å². The quantitative estimate of drug-likeness (QED) is 0.396. The van der Waals surface area contributed by atoms with Gasteiger partial charge in [-0.3, -0.25) is 0 Å². The number of amides is 1. The molecule has 170 valence electrons. The molecule has 3 rings (SSSR count). The number of benzene rings is 1. The van der Waals surface area contributed by atoms with Gasteiger partial charge in [0.2, 0.25) is 5.28 Å². The molecule has 1 fully saturated rings. The van der Waals surface area contributed by atoms with Crippen molar-refractivity contribution in [1.82, 2.24) is 14.9 Å². The third-order valence-electron chi connectivity index (χ3n) is 4.25. The molecule has 1 aliphatic heterocycles. The Kier molecular flexibility index (Phi) is 6.43. The summed E-state index contributed by atoms with van der Waals surface area (Å²) >= 11 is 8.71. The Morgan fingerprint density at radius 2 is 1.77 bits per heavy atom. The van der Waals surface area contributed by atoms with E-state index in [1.54, 1.807) is 25.7 Å². The van der Waals surface area contributed by atoms with Crippen LogP contribution in [0.5, 0.6) is 5.75 Å². The third-order valence-corrected chi connectivity index (χ3v) is 5.16. The van der Waals surface area contributed by atoms with Crippen molar-refractivity contribution in [2.45, 2.75) is 32.7 Å². The molecular formula is C18H18BrClF4N4O3. The largest absolute Gasteiger partial charge is 0.573 e. The van der Waals surface area contributed by atoms with E-state index in [9.17, 15) is 22.4 Å². The van der Waals surface area contributed by atoms with Crippen LogP contribution in [0.4, 0.5) is 28.2 Å². The van der Waals surface area contributed by atoms with Gasteiger partial charge in [-0.15, -0.1) is 13.2 Å². The SMILES string of the molecule is CC(C)(C)OC(=O)N1CCN(c2nc(Cl)nc3c(F)c(Br)c(OC(F)(F)F)cc23)CC1. The second-order valence-corrected chi connectivity index (χ2v) is 8.85. The maximum Gasteiger partial charge on any atom is 0.573 e. The molecule has 1 aromatic carbocycles. The van der Waals surface area contributed by atoms with Crippen LogP contribution < -0.4 is 9.64 Å². The van der Waals surface area contributed by atoms with Gasteiger partial charge in [0.15, 0.2) is 5.82 Å². The Balaban J connectivity index is 1.93. The van der Waals surface area contributed by atoms with E-state index in [1.807, 2.05) is 0 Å². The Labute approximate surface area is 188 Å². The highest BCUT2D eigenvalue weighted by Gasteiger charge is 2.34. The summed E-state index contributed by atoms with van der Waals surface area (Å²) in [6.45, 7) is 6.34. The number of nitrogens with zero attached hydrogens (tertiary/aromatic N) is 4. The molecule has 0 radical (unpaired) electrons. The van der Waals surface area contributed by atoms with Crippen LogP contribution in [0.15, 0.2) is 10.5 Å². The smallest absolute Gasteiger partial charge is 0.444 e. The monoisotopic (exact) mass is 528 g/mol. The van der Waals surface area contributed by atoms with E-state index in [0.29, 0.717) is 0 Å². The normalized spacial score (nSPS) is 15.4.